The lowest BCUT2D eigenvalue weighted by Crippen LogP contribution is -2.12. The van der Waals surface area contributed by atoms with E-state index < -0.39 is 0 Å². The van der Waals surface area contributed by atoms with Crippen LogP contribution in [0.4, 0.5) is 0 Å². The summed E-state index contributed by atoms with van der Waals surface area (Å²) in [6.45, 7) is 1.08. The molecule has 2 aliphatic rings. The maximum absolute atomic E-state index is 3.20. The van der Waals surface area contributed by atoms with Crippen molar-refractivity contribution in [3.63, 3.8) is 0 Å². The Morgan fingerprint density at radius 1 is 1.36 bits per heavy atom. The Labute approximate surface area is 83.5 Å². The largest absolute Gasteiger partial charge is 0.387 e. The van der Waals surface area contributed by atoms with Gasteiger partial charge in [0.25, 0.3) is 0 Å². The van der Waals surface area contributed by atoms with Gasteiger partial charge < -0.3 is 5.32 Å². The van der Waals surface area contributed by atoms with Crippen LogP contribution in [0.5, 0.6) is 0 Å². The molecular weight excluding hydrogens is 201 g/mol. The molecule has 0 amide bonds. The van der Waals surface area contributed by atoms with E-state index in [4.69, 9.17) is 0 Å². The Kier molecular flexibility index (Phi) is 5.06. The summed E-state index contributed by atoms with van der Waals surface area (Å²) < 4.78 is 0. The predicted octanol–water partition coefficient (Wildman–Crippen LogP) is 2.34. The highest BCUT2D eigenvalue weighted by molar-refractivity contribution is 8.03. The fourth-order valence-corrected chi connectivity index (χ4v) is 2.28. The van der Waals surface area contributed by atoms with Crippen LogP contribution in [0.3, 0.4) is 0 Å². The van der Waals surface area contributed by atoms with Crippen molar-refractivity contribution in [3.8, 4) is 0 Å². The molecule has 4 heteroatoms. The number of rotatable bonds is 0. The quantitative estimate of drug-likeness (QED) is 0.661. The molecule has 0 spiro atoms. The van der Waals surface area contributed by atoms with Crippen molar-refractivity contribution in [3.05, 3.63) is 22.8 Å². The molecule has 0 saturated carbocycles. The highest BCUT2D eigenvalue weighted by Gasteiger charge is 2.13. The Morgan fingerprint density at radius 3 is 2.91 bits per heavy atom. The van der Waals surface area contributed by atoms with Crippen LogP contribution in [0.1, 0.15) is 6.42 Å². The zero-order chi connectivity index (χ0) is 6.10. The van der Waals surface area contributed by atoms with Gasteiger partial charge in [-0.2, -0.15) is 0 Å². The van der Waals surface area contributed by atoms with E-state index in [0.29, 0.717) is 0 Å². The molecule has 0 aliphatic carbocycles. The average Bonchev–Trinajstić information content (AvgIpc) is 2.33. The van der Waals surface area contributed by atoms with E-state index in [9.17, 15) is 0 Å². The lowest BCUT2D eigenvalue weighted by atomic mass is 10.1. The van der Waals surface area contributed by atoms with Crippen molar-refractivity contribution in [2.24, 2.45) is 0 Å². The molecule has 0 aromatic rings. The molecule has 0 saturated heterocycles. The first kappa shape index (κ1) is 11.2. The minimum Gasteiger partial charge on any atom is -0.387 e. The van der Waals surface area contributed by atoms with Gasteiger partial charge in [0.1, 0.15) is 0 Å². The van der Waals surface area contributed by atoms with Crippen LogP contribution in [0.2, 0.25) is 0 Å². The molecule has 0 bridgehead atoms. The minimum absolute atomic E-state index is 0. The van der Waals surface area contributed by atoms with E-state index in [0.717, 1.165) is 6.54 Å². The van der Waals surface area contributed by atoms with E-state index in [-0.39, 0.29) is 24.8 Å². The van der Waals surface area contributed by atoms with E-state index in [1.54, 1.807) is 5.57 Å². The lowest BCUT2D eigenvalue weighted by molar-refractivity contribution is 0.883. The van der Waals surface area contributed by atoms with E-state index in [2.05, 4.69) is 11.4 Å². The van der Waals surface area contributed by atoms with Crippen LogP contribution in [-0.2, 0) is 0 Å². The van der Waals surface area contributed by atoms with Gasteiger partial charge in [-0.15, -0.1) is 36.6 Å². The zero-order valence-corrected chi connectivity index (χ0v) is 8.45. The smallest absolute Gasteiger partial charge is 0.0369 e. The van der Waals surface area contributed by atoms with Gasteiger partial charge in [-0.25, -0.2) is 0 Å². The van der Waals surface area contributed by atoms with Crippen LogP contribution < -0.4 is 5.32 Å². The normalized spacial score (nSPS) is 19.6. The summed E-state index contributed by atoms with van der Waals surface area (Å²) in [5.74, 6) is 1.29. The molecule has 0 unspecified atom stereocenters. The molecule has 2 heterocycles. The van der Waals surface area contributed by atoms with E-state index in [1.807, 2.05) is 18.0 Å². The Bertz CT molecular complexity index is 189. The minimum atomic E-state index is 0. The molecule has 11 heavy (non-hydrogen) atoms. The second-order valence-corrected chi connectivity index (χ2v) is 3.42. The third kappa shape index (κ3) is 2.32. The van der Waals surface area contributed by atoms with Crippen molar-refractivity contribution in [1.29, 1.82) is 0 Å². The number of allylic oxidation sites excluding steroid dienone is 1. The molecule has 64 valence electrons. The van der Waals surface area contributed by atoms with Gasteiger partial charge in [-0.3, -0.25) is 0 Å². The van der Waals surface area contributed by atoms with Gasteiger partial charge in [0.05, 0.1) is 0 Å². The summed E-state index contributed by atoms with van der Waals surface area (Å²) >= 11 is 1.98. The summed E-state index contributed by atoms with van der Waals surface area (Å²) in [5.41, 5.74) is 1.60. The molecule has 2 rings (SSSR count). The fourth-order valence-electron chi connectivity index (χ4n) is 1.17. The average molecular weight is 212 g/mol. The molecule has 1 nitrogen and oxygen atoms in total. The number of dihydropyridines is 1. The summed E-state index contributed by atoms with van der Waals surface area (Å²) in [6, 6.07) is 0. The molecule has 0 atom stereocenters. The third-order valence-electron chi connectivity index (χ3n) is 1.68. The van der Waals surface area contributed by atoms with Crippen molar-refractivity contribution in [2.45, 2.75) is 6.42 Å². The Hall–Kier alpha value is 0.210. The Balaban J connectivity index is 0.000000500. The van der Waals surface area contributed by atoms with Crippen molar-refractivity contribution in [2.75, 3.05) is 12.3 Å². The van der Waals surface area contributed by atoms with Crippen molar-refractivity contribution >= 4 is 36.6 Å². The van der Waals surface area contributed by atoms with Crippen LogP contribution >= 0.6 is 36.6 Å². The van der Waals surface area contributed by atoms with Gasteiger partial charge in [0, 0.05) is 17.2 Å². The number of halogens is 2. The van der Waals surface area contributed by atoms with Crippen molar-refractivity contribution in [1.82, 2.24) is 5.32 Å². The molecule has 1 N–H and O–H groups in total. The van der Waals surface area contributed by atoms with Gasteiger partial charge in [0.15, 0.2) is 0 Å². The highest BCUT2D eigenvalue weighted by atomic mass is 35.5. The summed E-state index contributed by atoms with van der Waals surface area (Å²) in [4.78, 5) is 1.51. The first-order valence-electron chi connectivity index (χ1n) is 3.21. The lowest BCUT2D eigenvalue weighted by Gasteiger charge is -2.07. The molecule has 2 aliphatic heterocycles. The van der Waals surface area contributed by atoms with Crippen LogP contribution in [0.15, 0.2) is 22.8 Å². The number of nitrogens with one attached hydrogen (secondary N) is 1. The number of hydrogen-bond acceptors (Lipinski definition) is 2. The number of hydrogen-bond donors (Lipinski definition) is 1. The van der Waals surface area contributed by atoms with Crippen molar-refractivity contribution < 1.29 is 0 Å². The monoisotopic (exact) mass is 211 g/mol. The van der Waals surface area contributed by atoms with Gasteiger partial charge >= 0.3 is 0 Å². The topological polar surface area (TPSA) is 12.0 Å². The second-order valence-electron chi connectivity index (χ2n) is 2.28. The summed E-state index contributed by atoms with van der Waals surface area (Å²) in [7, 11) is 0. The molecule has 0 aromatic carbocycles. The molecule has 0 radical (unpaired) electrons. The zero-order valence-electron chi connectivity index (χ0n) is 6.00. The first-order chi connectivity index (χ1) is 4.47. The van der Waals surface area contributed by atoms with E-state index in [1.165, 1.54) is 17.1 Å². The molecule has 0 fully saturated rings. The SMILES string of the molecule is C1=CC2=C(CCS2)CN1.Cl.Cl. The maximum atomic E-state index is 3.20. The third-order valence-corrected chi connectivity index (χ3v) is 2.82. The maximum Gasteiger partial charge on any atom is 0.0369 e. The standard InChI is InChI=1S/C7H9NS.2ClH/c1-3-8-5-6-2-4-9-7(1)6;;/h1,3,8H,2,4-5H2;2*1H. The fraction of sp³-hybridized carbons (Fsp3) is 0.429. The van der Waals surface area contributed by atoms with E-state index >= 15 is 0 Å². The summed E-state index contributed by atoms with van der Waals surface area (Å²) in [5, 5.41) is 3.20. The second kappa shape index (κ2) is 4.96. The van der Waals surface area contributed by atoms with Crippen LogP contribution in [0.25, 0.3) is 0 Å². The van der Waals surface area contributed by atoms with Gasteiger partial charge in [0.2, 0.25) is 0 Å². The van der Waals surface area contributed by atoms with Gasteiger partial charge in [-0.05, 0) is 24.3 Å². The van der Waals surface area contributed by atoms with Crippen LogP contribution in [0, 0.1) is 0 Å². The Morgan fingerprint density at radius 2 is 2.18 bits per heavy atom. The molecular formula is C7H11Cl2NS. The first-order valence-corrected chi connectivity index (χ1v) is 4.20. The number of thioether (sulfide) groups is 1. The predicted molar refractivity (Wildman–Crippen MR) is 55.7 cm³/mol. The summed E-state index contributed by atoms with van der Waals surface area (Å²) in [6.07, 6.45) is 5.50. The highest BCUT2D eigenvalue weighted by Crippen LogP contribution is 2.32. The molecule has 0 aromatic heterocycles. The van der Waals surface area contributed by atoms with Crippen LogP contribution in [-0.4, -0.2) is 12.3 Å². The van der Waals surface area contributed by atoms with Gasteiger partial charge in [-0.1, -0.05) is 0 Å².